The number of fused-ring (bicyclic) bond motifs is 1. The summed E-state index contributed by atoms with van der Waals surface area (Å²) in [6.45, 7) is 1.48. The number of aromatic nitrogens is 5. The summed E-state index contributed by atoms with van der Waals surface area (Å²) in [7, 11) is 0. The zero-order valence-electron chi connectivity index (χ0n) is 17.7. The average molecular weight is 421 g/mol. The lowest BCUT2D eigenvalue weighted by Gasteiger charge is -2.08. The lowest BCUT2D eigenvalue weighted by molar-refractivity contribution is 0.619. The predicted octanol–water partition coefficient (Wildman–Crippen LogP) is 5.36. The van der Waals surface area contributed by atoms with Crippen LogP contribution in [-0.4, -0.2) is 25.2 Å². The van der Waals surface area contributed by atoms with Gasteiger partial charge in [0.1, 0.15) is 5.69 Å². The quantitative estimate of drug-likeness (QED) is 0.372. The zero-order valence-corrected chi connectivity index (χ0v) is 17.7. The molecule has 0 atom stereocenters. The Hall–Kier alpha value is -3.93. The zero-order chi connectivity index (χ0) is 21.3. The summed E-state index contributed by atoms with van der Waals surface area (Å²) in [5, 5.41) is 21.3. The lowest BCUT2D eigenvalue weighted by Crippen LogP contribution is -2.06. The first kappa shape index (κ1) is 18.8. The van der Waals surface area contributed by atoms with Gasteiger partial charge in [0.25, 0.3) is 0 Å². The first-order valence-electron chi connectivity index (χ1n) is 11.1. The molecule has 6 rings (SSSR count). The number of aromatic amines is 1. The Bertz CT molecular complexity index is 1350. The Morgan fingerprint density at radius 3 is 2.41 bits per heavy atom. The summed E-state index contributed by atoms with van der Waals surface area (Å²) in [5.41, 5.74) is 6.79. The maximum atomic E-state index is 4.62. The van der Waals surface area contributed by atoms with E-state index in [1.165, 1.54) is 29.7 Å². The van der Waals surface area contributed by atoms with Gasteiger partial charge < -0.3 is 5.32 Å². The average Bonchev–Trinajstić information content (AvgIpc) is 3.47. The minimum absolute atomic E-state index is 0.541. The molecule has 6 nitrogen and oxygen atoms in total. The lowest BCUT2D eigenvalue weighted by atomic mass is 10.1. The van der Waals surface area contributed by atoms with Gasteiger partial charge in [0.15, 0.2) is 5.82 Å². The summed E-state index contributed by atoms with van der Waals surface area (Å²) in [6.07, 6.45) is 2.40. The van der Waals surface area contributed by atoms with Crippen LogP contribution in [0.2, 0.25) is 0 Å². The number of rotatable bonds is 7. The second-order valence-electron chi connectivity index (χ2n) is 8.41. The van der Waals surface area contributed by atoms with E-state index in [-0.39, 0.29) is 0 Å². The van der Waals surface area contributed by atoms with Crippen molar-refractivity contribution in [1.82, 2.24) is 25.2 Å². The predicted molar refractivity (Wildman–Crippen MR) is 126 cm³/mol. The van der Waals surface area contributed by atoms with Gasteiger partial charge in [-0.05, 0) is 36.1 Å². The monoisotopic (exact) mass is 420 g/mol. The number of nitrogens with zero attached hydrogens (tertiary/aromatic N) is 4. The molecule has 0 radical (unpaired) electrons. The van der Waals surface area contributed by atoms with Gasteiger partial charge >= 0.3 is 0 Å². The van der Waals surface area contributed by atoms with E-state index in [2.05, 4.69) is 97.2 Å². The number of hydrogen-bond donors (Lipinski definition) is 2. The van der Waals surface area contributed by atoms with Crippen LogP contribution < -0.4 is 5.32 Å². The molecule has 1 aliphatic rings. The summed E-state index contributed by atoms with van der Waals surface area (Å²) in [4.78, 5) is 0. The molecule has 3 aromatic carbocycles. The van der Waals surface area contributed by atoms with Gasteiger partial charge in [0.2, 0.25) is 0 Å². The third-order valence-electron chi connectivity index (χ3n) is 6.05. The molecule has 0 aliphatic heterocycles. The van der Waals surface area contributed by atoms with E-state index in [4.69, 9.17) is 0 Å². The van der Waals surface area contributed by atoms with Crippen LogP contribution in [0.1, 0.15) is 35.6 Å². The molecule has 0 spiro atoms. The van der Waals surface area contributed by atoms with Gasteiger partial charge in [-0.15, -0.1) is 5.10 Å². The van der Waals surface area contributed by atoms with Crippen molar-refractivity contribution in [2.75, 3.05) is 5.32 Å². The summed E-state index contributed by atoms with van der Waals surface area (Å²) in [5.74, 6) is 1.40. The topological polar surface area (TPSA) is 71.4 Å². The van der Waals surface area contributed by atoms with E-state index in [1.807, 2.05) is 12.1 Å². The fourth-order valence-electron chi connectivity index (χ4n) is 4.24. The summed E-state index contributed by atoms with van der Waals surface area (Å²) < 4.78 is 2.08. The molecule has 2 heterocycles. The van der Waals surface area contributed by atoms with Crippen LogP contribution in [0.4, 0.5) is 5.82 Å². The van der Waals surface area contributed by atoms with Crippen LogP contribution in [0.25, 0.3) is 22.2 Å². The maximum absolute atomic E-state index is 4.62. The standard InChI is InChI=1S/C26H24N6/c1-3-7-18(8-4-1)16-27-26-22-15-21(13-14-23(22)28-30-26)24-25(20-11-12-20)32(31-29-24)17-19-9-5-2-6-10-19/h1-10,13-15,20H,11-12,16-17H2,(H2,27,28,30). The largest absolute Gasteiger partial charge is 0.364 e. The van der Waals surface area contributed by atoms with E-state index in [0.717, 1.165) is 41.1 Å². The highest BCUT2D eigenvalue weighted by Crippen LogP contribution is 2.44. The smallest absolute Gasteiger partial charge is 0.156 e. The van der Waals surface area contributed by atoms with Crippen LogP contribution in [0, 0.1) is 0 Å². The molecule has 0 saturated heterocycles. The van der Waals surface area contributed by atoms with Gasteiger partial charge in [-0.25, -0.2) is 4.68 Å². The minimum Gasteiger partial charge on any atom is -0.364 e. The number of H-pyrrole nitrogens is 1. The fourth-order valence-corrected chi connectivity index (χ4v) is 4.24. The van der Waals surface area contributed by atoms with Crippen molar-refractivity contribution in [3.05, 3.63) is 95.7 Å². The molecule has 2 N–H and O–H groups in total. The Morgan fingerprint density at radius 1 is 0.906 bits per heavy atom. The third-order valence-corrected chi connectivity index (χ3v) is 6.05. The molecule has 0 amide bonds. The van der Waals surface area contributed by atoms with Crippen LogP contribution in [0.15, 0.2) is 78.9 Å². The number of anilines is 1. The second-order valence-corrected chi connectivity index (χ2v) is 8.41. The van der Waals surface area contributed by atoms with Crippen LogP contribution in [0.3, 0.4) is 0 Å². The van der Waals surface area contributed by atoms with Crippen molar-refractivity contribution in [2.24, 2.45) is 0 Å². The first-order valence-corrected chi connectivity index (χ1v) is 11.1. The maximum Gasteiger partial charge on any atom is 0.156 e. The third kappa shape index (κ3) is 3.64. The minimum atomic E-state index is 0.541. The highest BCUT2D eigenvalue weighted by molar-refractivity contribution is 5.93. The van der Waals surface area contributed by atoms with E-state index in [1.54, 1.807) is 0 Å². The normalized spacial score (nSPS) is 13.5. The molecule has 0 unspecified atom stereocenters. The Morgan fingerprint density at radius 2 is 1.66 bits per heavy atom. The molecular weight excluding hydrogens is 396 g/mol. The molecule has 1 saturated carbocycles. The van der Waals surface area contributed by atoms with E-state index >= 15 is 0 Å². The van der Waals surface area contributed by atoms with Crippen molar-refractivity contribution in [3.63, 3.8) is 0 Å². The van der Waals surface area contributed by atoms with E-state index in [0.29, 0.717) is 5.92 Å². The summed E-state index contributed by atoms with van der Waals surface area (Å²) in [6, 6.07) is 27.2. The number of benzene rings is 3. The van der Waals surface area contributed by atoms with Crippen molar-refractivity contribution in [1.29, 1.82) is 0 Å². The Balaban J connectivity index is 1.33. The molecule has 1 aliphatic carbocycles. The number of nitrogens with one attached hydrogen (secondary N) is 2. The van der Waals surface area contributed by atoms with Crippen molar-refractivity contribution < 1.29 is 0 Å². The van der Waals surface area contributed by atoms with Gasteiger partial charge in [0.05, 0.1) is 17.8 Å². The van der Waals surface area contributed by atoms with Crippen LogP contribution in [-0.2, 0) is 13.1 Å². The van der Waals surface area contributed by atoms with Crippen LogP contribution in [0.5, 0.6) is 0 Å². The van der Waals surface area contributed by atoms with Gasteiger partial charge in [0, 0.05) is 23.4 Å². The molecular formula is C26H24N6. The van der Waals surface area contributed by atoms with Crippen molar-refractivity contribution in [2.45, 2.75) is 31.8 Å². The Kier molecular flexibility index (Phi) is 4.68. The second kappa shape index (κ2) is 7.96. The Labute approximate surface area is 186 Å². The molecule has 1 fully saturated rings. The molecule has 32 heavy (non-hydrogen) atoms. The van der Waals surface area contributed by atoms with Crippen molar-refractivity contribution >= 4 is 16.7 Å². The van der Waals surface area contributed by atoms with Gasteiger partial charge in [-0.2, -0.15) is 5.10 Å². The molecule has 5 aromatic rings. The first-order chi connectivity index (χ1) is 15.8. The van der Waals surface area contributed by atoms with E-state index in [9.17, 15) is 0 Å². The molecule has 0 bridgehead atoms. The highest BCUT2D eigenvalue weighted by Gasteiger charge is 2.32. The SMILES string of the molecule is c1ccc(CNc2n[nH]c3ccc(-c4nnn(Cc5ccccc5)c4C4CC4)cc23)cc1. The number of hydrogen-bond acceptors (Lipinski definition) is 4. The van der Waals surface area contributed by atoms with Gasteiger partial charge in [-0.3, -0.25) is 5.10 Å². The highest BCUT2D eigenvalue weighted by atomic mass is 15.4. The van der Waals surface area contributed by atoms with Crippen molar-refractivity contribution in [3.8, 4) is 11.3 Å². The molecule has 158 valence electrons. The van der Waals surface area contributed by atoms with Crippen LogP contribution >= 0.6 is 0 Å². The van der Waals surface area contributed by atoms with Gasteiger partial charge in [-0.1, -0.05) is 71.9 Å². The fraction of sp³-hybridized carbons (Fsp3) is 0.192. The van der Waals surface area contributed by atoms with E-state index < -0.39 is 0 Å². The molecule has 2 aromatic heterocycles. The molecule has 6 heteroatoms. The summed E-state index contributed by atoms with van der Waals surface area (Å²) >= 11 is 0.